The number of hydrogen-bond donors (Lipinski definition) is 1. The van der Waals surface area contributed by atoms with Crippen molar-refractivity contribution < 1.29 is 4.74 Å². The number of fused-ring (bicyclic) bond motifs is 1. The zero-order valence-electron chi connectivity index (χ0n) is 14.5. The van der Waals surface area contributed by atoms with Crippen molar-refractivity contribution in [1.82, 2.24) is 14.6 Å². The standard InChI is InChI=1S/C20H18N4O2S/c25-18-10-12-22-20-24(18)23-19(27-20)21-11-9-15-7-4-8-17(13-15)26-14-16-5-2-1-3-6-16/h1-8,10,12-13H,9,11,14H2,(H,21,23). The molecular formula is C20H18N4O2S. The fraction of sp³-hybridized carbons (Fsp3) is 0.150. The average molecular weight is 378 g/mol. The minimum Gasteiger partial charge on any atom is -0.489 e. The van der Waals surface area contributed by atoms with Crippen molar-refractivity contribution in [1.29, 1.82) is 0 Å². The largest absolute Gasteiger partial charge is 0.489 e. The second-order valence-electron chi connectivity index (χ2n) is 5.98. The van der Waals surface area contributed by atoms with Crippen molar-refractivity contribution in [2.24, 2.45) is 0 Å². The van der Waals surface area contributed by atoms with Gasteiger partial charge in [-0.2, -0.15) is 4.52 Å². The predicted octanol–water partition coefficient (Wildman–Crippen LogP) is 3.38. The van der Waals surface area contributed by atoms with Gasteiger partial charge in [-0.3, -0.25) is 4.79 Å². The van der Waals surface area contributed by atoms with E-state index < -0.39 is 0 Å². The molecule has 0 aliphatic rings. The Morgan fingerprint density at radius 2 is 1.89 bits per heavy atom. The normalized spacial score (nSPS) is 10.8. The fourth-order valence-corrected chi connectivity index (χ4v) is 3.46. The van der Waals surface area contributed by atoms with Crippen LogP contribution in [-0.2, 0) is 13.0 Å². The van der Waals surface area contributed by atoms with Crippen LogP contribution in [0.2, 0.25) is 0 Å². The SMILES string of the molecule is O=c1ccnc2sc(NCCc3cccc(OCc4ccccc4)c3)nn12. The molecular weight excluding hydrogens is 360 g/mol. The van der Waals surface area contributed by atoms with Crippen molar-refractivity contribution in [2.45, 2.75) is 13.0 Å². The highest BCUT2D eigenvalue weighted by molar-refractivity contribution is 7.20. The lowest BCUT2D eigenvalue weighted by Gasteiger charge is -2.08. The third-order valence-corrected chi connectivity index (χ3v) is 4.89. The summed E-state index contributed by atoms with van der Waals surface area (Å²) in [5.41, 5.74) is 2.14. The maximum Gasteiger partial charge on any atom is 0.275 e. The van der Waals surface area contributed by atoms with Gasteiger partial charge in [0.15, 0.2) is 0 Å². The van der Waals surface area contributed by atoms with Gasteiger partial charge in [-0.1, -0.05) is 53.8 Å². The number of benzene rings is 2. The molecule has 4 aromatic rings. The number of hydrogen-bond acceptors (Lipinski definition) is 6. The maximum atomic E-state index is 11.7. The van der Waals surface area contributed by atoms with Crippen molar-refractivity contribution in [3.63, 3.8) is 0 Å². The third-order valence-electron chi connectivity index (χ3n) is 4.01. The molecule has 0 atom stereocenters. The van der Waals surface area contributed by atoms with Gasteiger partial charge in [0.05, 0.1) is 0 Å². The molecule has 136 valence electrons. The first-order valence-corrected chi connectivity index (χ1v) is 9.44. The van der Waals surface area contributed by atoms with Gasteiger partial charge in [0.2, 0.25) is 10.1 Å². The Kier molecular flexibility index (Phi) is 5.11. The summed E-state index contributed by atoms with van der Waals surface area (Å²) in [4.78, 5) is 16.4. The molecule has 4 rings (SSSR count). The summed E-state index contributed by atoms with van der Waals surface area (Å²) in [6.07, 6.45) is 2.32. The van der Waals surface area contributed by atoms with E-state index in [1.807, 2.05) is 42.5 Å². The zero-order chi connectivity index (χ0) is 18.5. The zero-order valence-corrected chi connectivity index (χ0v) is 15.4. The molecule has 0 bridgehead atoms. The molecule has 27 heavy (non-hydrogen) atoms. The summed E-state index contributed by atoms with van der Waals surface area (Å²) < 4.78 is 7.18. The van der Waals surface area contributed by atoms with Gasteiger partial charge < -0.3 is 10.1 Å². The highest BCUT2D eigenvalue weighted by Gasteiger charge is 2.05. The Morgan fingerprint density at radius 1 is 1.04 bits per heavy atom. The van der Waals surface area contributed by atoms with E-state index in [0.29, 0.717) is 23.2 Å². The topological polar surface area (TPSA) is 68.5 Å². The Hall–Kier alpha value is -3.19. The molecule has 0 aliphatic heterocycles. The van der Waals surface area contributed by atoms with E-state index in [-0.39, 0.29) is 5.56 Å². The average Bonchev–Trinajstić information content (AvgIpc) is 3.12. The van der Waals surface area contributed by atoms with Crippen LogP contribution in [0.25, 0.3) is 4.96 Å². The van der Waals surface area contributed by atoms with E-state index in [1.54, 1.807) is 0 Å². The molecule has 0 saturated carbocycles. The molecule has 0 radical (unpaired) electrons. The highest BCUT2D eigenvalue weighted by Crippen LogP contribution is 2.18. The second kappa shape index (κ2) is 8.01. The van der Waals surface area contributed by atoms with Crippen LogP contribution in [0, 0.1) is 0 Å². The van der Waals surface area contributed by atoms with Crippen molar-refractivity contribution in [2.75, 3.05) is 11.9 Å². The predicted molar refractivity (Wildman–Crippen MR) is 107 cm³/mol. The van der Waals surface area contributed by atoms with Gasteiger partial charge >= 0.3 is 0 Å². The van der Waals surface area contributed by atoms with Crippen molar-refractivity contribution >= 4 is 21.4 Å². The first-order chi connectivity index (χ1) is 13.3. The van der Waals surface area contributed by atoms with E-state index in [0.717, 1.165) is 17.7 Å². The van der Waals surface area contributed by atoms with Crippen LogP contribution in [0.15, 0.2) is 71.7 Å². The summed E-state index contributed by atoms with van der Waals surface area (Å²) in [5.74, 6) is 0.854. The molecule has 0 amide bonds. The lowest BCUT2D eigenvalue weighted by Crippen LogP contribution is -2.13. The fourth-order valence-electron chi connectivity index (χ4n) is 2.66. The van der Waals surface area contributed by atoms with E-state index in [1.165, 1.54) is 33.7 Å². The molecule has 7 heteroatoms. The number of ether oxygens (including phenoxy) is 1. The van der Waals surface area contributed by atoms with Gasteiger partial charge in [-0.05, 0) is 29.7 Å². The molecule has 2 aromatic carbocycles. The number of nitrogens with one attached hydrogen (secondary N) is 1. The Morgan fingerprint density at radius 3 is 2.74 bits per heavy atom. The minimum absolute atomic E-state index is 0.174. The van der Waals surface area contributed by atoms with Gasteiger partial charge in [-0.15, -0.1) is 5.10 Å². The molecule has 2 aromatic heterocycles. The number of rotatable bonds is 7. The molecule has 1 N–H and O–H groups in total. The highest BCUT2D eigenvalue weighted by atomic mass is 32.1. The van der Waals surface area contributed by atoms with E-state index in [2.05, 4.69) is 27.5 Å². The van der Waals surface area contributed by atoms with Crippen LogP contribution in [0.3, 0.4) is 0 Å². The molecule has 0 fully saturated rings. The molecule has 2 heterocycles. The van der Waals surface area contributed by atoms with E-state index >= 15 is 0 Å². The van der Waals surface area contributed by atoms with Crippen LogP contribution >= 0.6 is 11.3 Å². The first-order valence-electron chi connectivity index (χ1n) is 8.62. The maximum absolute atomic E-state index is 11.7. The van der Waals surface area contributed by atoms with Crippen LogP contribution < -0.4 is 15.6 Å². The smallest absolute Gasteiger partial charge is 0.275 e. The minimum atomic E-state index is -0.174. The monoisotopic (exact) mass is 378 g/mol. The summed E-state index contributed by atoms with van der Waals surface area (Å²) in [6, 6.07) is 19.6. The molecule has 0 unspecified atom stereocenters. The van der Waals surface area contributed by atoms with Crippen LogP contribution in [0.4, 0.5) is 5.13 Å². The summed E-state index contributed by atoms with van der Waals surface area (Å²) in [7, 11) is 0. The molecule has 0 saturated heterocycles. The number of anilines is 1. The van der Waals surface area contributed by atoms with Crippen LogP contribution in [-0.4, -0.2) is 21.1 Å². The van der Waals surface area contributed by atoms with Crippen molar-refractivity contribution in [3.05, 3.63) is 88.3 Å². The lowest BCUT2D eigenvalue weighted by atomic mass is 10.1. The molecule has 6 nitrogen and oxygen atoms in total. The van der Waals surface area contributed by atoms with Gasteiger partial charge in [-0.25, -0.2) is 4.98 Å². The number of aromatic nitrogens is 3. The van der Waals surface area contributed by atoms with Gasteiger partial charge in [0.25, 0.3) is 5.56 Å². The lowest BCUT2D eigenvalue weighted by molar-refractivity contribution is 0.306. The van der Waals surface area contributed by atoms with Crippen LogP contribution in [0.5, 0.6) is 5.75 Å². The summed E-state index contributed by atoms with van der Waals surface area (Å²) in [6.45, 7) is 1.26. The Bertz CT molecular complexity index is 1090. The summed E-state index contributed by atoms with van der Waals surface area (Å²) in [5, 5.41) is 8.19. The first kappa shape index (κ1) is 17.2. The Labute approximate surface area is 160 Å². The Balaban J connectivity index is 1.34. The van der Waals surface area contributed by atoms with Gasteiger partial charge in [0.1, 0.15) is 12.4 Å². The molecule has 0 aliphatic carbocycles. The van der Waals surface area contributed by atoms with Crippen LogP contribution in [0.1, 0.15) is 11.1 Å². The quantitative estimate of drug-likeness (QED) is 0.534. The van der Waals surface area contributed by atoms with Gasteiger partial charge in [0, 0.05) is 18.8 Å². The van der Waals surface area contributed by atoms with E-state index in [4.69, 9.17) is 4.74 Å². The molecule has 0 spiro atoms. The third kappa shape index (κ3) is 4.32. The summed E-state index contributed by atoms with van der Waals surface area (Å²) >= 11 is 1.36. The number of nitrogens with zero attached hydrogens (tertiary/aromatic N) is 3. The second-order valence-corrected chi connectivity index (χ2v) is 6.94. The van der Waals surface area contributed by atoms with E-state index in [9.17, 15) is 4.79 Å². The van der Waals surface area contributed by atoms with Crippen molar-refractivity contribution in [3.8, 4) is 5.75 Å².